The molecule has 0 aliphatic carbocycles. The summed E-state index contributed by atoms with van der Waals surface area (Å²) in [6.07, 6.45) is 4.01. The highest BCUT2D eigenvalue weighted by atomic mass is 32.2. The summed E-state index contributed by atoms with van der Waals surface area (Å²) in [4.78, 5) is 15.5. The number of hydrogen-bond acceptors (Lipinski definition) is 3. The van der Waals surface area contributed by atoms with Crippen molar-refractivity contribution in [2.24, 2.45) is 0 Å². The zero-order chi connectivity index (χ0) is 14.5. The quantitative estimate of drug-likeness (QED) is 0.593. The van der Waals surface area contributed by atoms with Crippen LogP contribution in [0.3, 0.4) is 0 Å². The molecule has 110 valence electrons. The molecule has 3 nitrogen and oxygen atoms in total. The third kappa shape index (κ3) is 3.26. The summed E-state index contributed by atoms with van der Waals surface area (Å²) in [6, 6.07) is 3.39. The van der Waals surface area contributed by atoms with Crippen molar-refractivity contribution in [2.45, 2.75) is 31.1 Å². The molecule has 0 bridgehead atoms. The van der Waals surface area contributed by atoms with Gasteiger partial charge >= 0.3 is 0 Å². The molecule has 1 aliphatic rings. The van der Waals surface area contributed by atoms with E-state index < -0.39 is 0 Å². The molecule has 1 saturated heterocycles. The maximum Gasteiger partial charge on any atom is 0.213 e. The van der Waals surface area contributed by atoms with Gasteiger partial charge < -0.3 is 9.80 Å². The average Bonchev–Trinajstić information content (AvgIpc) is 2.98. The minimum absolute atomic E-state index is 0.239. The van der Waals surface area contributed by atoms with E-state index in [4.69, 9.17) is 0 Å². The van der Waals surface area contributed by atoms with Gasteiger partial charge in [0, 0.05) is 31.1 Å². The van der Waals surface area contributed by atoms with Gasteiger partial charge in [0.25, 0.3) is 0 Å². The highest BCUT2D eigenvalue weighted by Crippen LogP contribution is 2.36. The Morgan fingerprint density at radius 2 is 2.10 bits per heavy atom. The van der Waals surface area contributed by atoms with Crippen LogP contribution in [0.4, 0.5) is 15.8 Å². The lowest BCUT2D eigenvalue weighted by atomic mass is 10.2. The summed E-state index contributed by atoms with van der Waals surface area (Å²) < 4.78 is 14.3. The number of thioether (sulfide) groups is 1. The summed E-state index contributed by atoms with van der Waals surface area (Å²) in [5.74, 6) is 0.724. The van der Waals surface area contributed by atoms with Crippen molar-refractivity contribution in [2.75, 3.05) is 35.7 Å². The summed E-state index contributed by atoms with van der Waals surface area (Å²) in [6.45, 7) is 3.94. The van der Waals surface area contributed by atoms with E-state index in [1.54, 1.807) is 18.8 Å². The zero-order valence-corrected chi connectivity index (χ0v) is 12.9. The summed E-state index contributed by atoms with van der Waals surface area (Å²) in [5, 5.41) is 0. The van der Waals surface area contributed by atoms with Gasteiger partial charge in [0.1, 0.15) is 5.82 Å². The van der Waals surface area contributed by atoms with Crippen LogP contribution in [0.1, 0.15) is 26.2 Å². The van der Waals surface area contributed by atoms with Crippen molar-refractivity contribution >= 4 is 29.5 Å². The molecule has 1 aromatic rings. The van der Waals surface area contributed by atoms with Crippen molar-refractivity contribution in [1.29, 1.82) is 0 Å². The zero-order valence-electron chi connectivity index (χ0n) is 12.1. The smallest absolute Gasteiger partial charge is 0.213 e. The number of carbonyl (C=O) groups is 1. The topological polar surface area (TPSA) is 23.6 Å². The van der Waals surface area contributed by atoms with E-state index in [9.17, 15) is 9.18 Å². The van der Waals surface area contributed by atoms with Crippen molar-refractivity contribution < 1.29 is 9.18 Å². The lowest BCUT2D eigenvalue weighted by Gasteiger charge is -2.22. The number of halogens is 1. The van der Waals surface area contributed by atoms with Gasteiger partial charge in [-0.15, -0.1) is 11.8 Å². The molecule has 0 aromatic heterocycles. The van der Waals surface area contributed by atoms with Crippen LogP contribution < -0.4 is 9.80 Å². The van der Waals surface area contributed by atoms with Crippen LogP contribution in [-0.4, -0.2) is 32.3 Å². The molecular weight excluding hydrogens is 275 g/mol. The molecule has 1 amide bonds. The maximum atomic E-state index is 14.3. The molecule has 20 heavy (non-hydrogen) atoms. The number of benzene rings is 1. The van der Waals surface area contributed by atoms with Crippen LogP contribution in [0.25, 0.3) is 0 Å². The second kappa shape index (κ2) is 6.97. The molecule has 1 aliphatic heterocycles. The number of carbonyl (C=O) groups excluding carboxylic acids is 1. The largest absolute Gasteiger partial charge is 0.369 e. The molecule has 0 N–H and O–H groups in total. The SMILES string of the molecule is CCCSc1cc(N2CCCC2)c(F)cc1N(C)C=O. The highest BCUT2D eigenvalue weighted by Gasteiger charge is 2.19. The summed E-state index contributed by atoms with van der Waals surface area (Å²) in [7, 11) is 1.66. The number of amides is 1. The fourth-order valence-electron chi connectivity index (χ4n) is 2.39. The summed E-state index contributed by atoms with van der Waals surface area (Å²) >= 11 is 1.68. The van der Waals surface area contributed by atoms with Gasteiger partial charge in [-0.05, 0) is 31.1 Å². The normalized spacial score (nSPS) is 14.7. The predicted octanol–water partition coefficient (Wildman–Crippen LogP) is 3.52. The molecule has 0 saturated carbocycles. The highest BCUT2D eigenvalue weighted by molar-refractivity contribution is 7.99. The molecule has 0 atom stereocenters. The lowest BCUT2D eigenvalue weighted by Crippen LogP contribution is -2.20. The Morgan fingerprint density at radius 3 is 2.70 bits per heavy atom. The Kier molecular flexibility index (Phi) is 5.29. The minimum atomic E-state index is -0.239. The van der Waals surface area contributed by atoms with Crippen LogP contribution in [0.5, 0.6) is 0 Å². The van der Waals surface area contributed by atoms with Crippen LogP contribution >= 0.6 is 11.8 Å². The van der Waals surface area contributed by atoms with E-state index in [1.807, 2.05) is 6.07 Å². The van der Waals surface area contributed by atoms with Gasteiger partial charge in [0.15, 0.2) is 0 Å². The first kappa shape index (κ1) is 15.2. The van der Waals surface area contributed by atoms with E-state index in [1.165, 1.54) is 11.0 Å². The van der Waals surface area contributed by atoms with E-state index >= 15 is 0 Å². The number of nitrogens with zero attached hydrogens (tertiary/aromatic N) is 2. The molecule has 0 spiro atoms. The van der Waals surface area contributed by atoms with Gasteiger partial charge in [-0.1, -0.05) is 6.92 Å². The molecule has 1 heterocycles. The Labute approximate surface area is 124 Å². The third-order valence-corrected chi connectivity index (χ3v) is 4.73. The maximum absolute atomic E-state index is 14.3. The molecule has 0 radical (unpaired) electrons. The van der Waals surface area contributed by atoms with Crippen LogP contribution in [-0.2, 0) is 4.79 Å². The molecule has 1 fully saturated rings. The van der Waals surface area contributed by atoms with Gasteiger partial charge in [-0.2, -0.15) is 0 Å². The van der Waals surface area contributed by atoms with Crippen LogP contribution in [0.15, 0.2) is 17.0 Å². The van der Waals surface area contributed by atoms with Crippen molar-refractivity contribution in [1.82, 2.24) is 0 Å². The molecule has 0 unspecified atom stereocenters. The van der Waals surface area contributed by atoms with Crippen LogP contribution in [0.2, 0.25) is 0 Å². The monoisotopic (exact) mass is 296 g/mol. The van der Waals surface area contributed by atoms with E-state index in [0.29, 0.717) is 11.4 Å². The second-order valence-electron chi connectivity index (χ2n) is 5.03. The predicted molar refractivity (Wildman–Crippen MR) is 83.3 cm³/mol. The van der Waals surface area contributed by atoms with Gasteiger partial charge in [-0.3, -0.25) is 4.79 Å². The van der Waals surface area contributed by atoms with Crippen LogP contribution in [0, 0.1) is 5.82 Å². The first-order valence-electron chi connectivity index (χ1n) is 7.06. The number of hydrogen-bond donors (Lipinski definition) is 0. The molecular formula is C15H21FN2OS. The Morgan fingerprint density at radius 1 is 1.40 bits per heavy atom. The third-order valence-electron chi connectivity index (χ3n) is 3.47. The molecule has 2 rings (SSSR count). The minimum Gasteiger partial charge on any atom is -0.369 e. The van der Waals surface area contributed by atoms with Crippen molar-refractivity contribution in [3.8, 4) is 0 Å². The second-order valence-corrected chi connectivity index (χ2v) is 6.17. The first-order chi connectivity index (χ1) is 9.67. The first-order valence-corrected chi connectivity index (χ1v) is 8.05. The average molecular weight is 296 g/mol. The van der Waals surface area contributed by atoms with E-state index in [0.717, 1.165) is 49.4 Å². The Bertz CT molecular complexity index is 475. The van der Waals surface area contributed by atoms with Gasteiger partial charge in [-0.25, -0.2) is 4.39 Å². The number of rotatable bonds is 6. The van der Waals surface area contributed by atoms with Crippen molar-refractivity contribution in [3.05, 3.63) is 17.9 Å². The molecule has 1 aromatic carbocycles. The summed E-state index contributed by atoms with van der Waals surface area (Å²) in [5.41, 5.74) is 1.32. The van der Waals surface area contributed by atoms with E-state index in [-0.39, 0.29) is 5.82 Å². The van der Waals surface area contributed by atoms with Crippen molar-refractivity contribution in [3.63, 3.8) is 0 Å². The molecule has 5 heteroatoms. The lowest BCUT2D eigenvalue weighted by molar-refractivity contribution is -0.107. The van der Waals surface area contributed by atoms with Gasteiger partial charge in [0.05, 0.1) is 11.4 Å². The fraction of sp³-hybridized carbons (Fsp3) is 0.533. The number of anilines is 2. The van der Waals surface area contributed by atoms with Gasteiger partial charge in [0.2, 0.25) is 6.41 Å². The van der Waals surface area contributed by atoms with E-state index in [2.05, 4.69) is 11.8 Å². The standard InChI is InChI=1S/C15H21FN2OS/c1-3-8-20-15-10-13(18-6-4-5-7-18)12(16)9-14(15)17(2)11-19/h9-11H,3-8H2,1-2H3. The fourth-order valence-corrected chi connectivity index (χ4v) is 3.36. The Balaban J connectivity index is 2.37. The Hall–Kier alpha value is -1.23.